The Kier molecular flexibility index (Phi) is 5.40. The van der Waals surface area contributed by atoms with Gasteiger partial charge >= 0.3 is 0 Å². The molecule has 2 aliphatic heterocycles. The zero-order valence-electron chi connectivity index (χ0n) is 21.6. The van der Waals surface area contributed by atoms with Crippen molar-refractivity contribution in [3.05, 3.63) is 89.1 Å². The Balaban J connectivity index is 1.10. The first-order chi connectivity index (χ1) is 19.0. The Morgan fingerprint density at radius 2 is 1.74 bits per heavy atom. The summed E-state index contributed by atoms with van der Waals surface area (Å²) < 4.78 is 0. The van der Waals surface area contributed by atoms with Crippen molar-refractivity contribution in [2.45, 2.75) is 56.0 Å². The molecule has 0 radical (unpaired) electrons. The minimum Gasteiger partial charge on any atom is -0.325 e. The zero-order chi connectivity index (χ0) is 26.6. The van der Waals surface area contributed by atoms with Crippen LogP contribution in [0.4, 0.5) is 11.5 Å². The molecule has 0 saturated heterocycles. The van der Waals surface area contributed by atoms with Gasteiger partial charge in [-0.2, -0.15) is 0 Å². The lowest BCUT2D eigenvalue weighted by molar-refractivity contribution is -0.134. The van der Waals surface area contributed by atoms with Crippen molar-refractivity contribution in [1.29, 1.82) is 0 Å². The van der Waals surface area contributed by atoms with Crippen LogP contribution in [-0.2, 0) is 32.6 Å². The van der Waals surface area contributed by atoms with Crippen molar-refractivity contribution in [1.82, 2.24) is 9.88 Å². The first-order valence-corrected chi connectivity index (χ1v) is 13.6. The molecule has 2 spiro atoms. The quantitative estimate of drug-likeness (QED) is 0.544. The highest BCUT2D eigenvalue weighted by Gasteiger charge is 2.51. The summed E-state index contributed by atoms with van der Waals surface area (Å²) in [4.78, 5) is 50.9. The average Bonchev–Trinajstić information content (AvgIpc) is 3.56. The average molecular weight is 520 g/mol. The van der Waals surface area contributed by atoms with E-state index in [1.54, 1.807) is 11.1 Å². The Morgan fingerprint density at radius 1 is 0.949 bits per heavy atom. The van der Waals surface area contributed by atoms with E-state index >= 15 is 0 Å². The van der Waals surface area contributed by atoms with Gasteiger partial charge < -0.3 is 15.5 Å². The molecule has 196 valence electrons. The molecular weight excluding hydrogens is 490 g/mol. The van der Waals surface area contributed by atoms with Gasteiger partial charge in [0, 0.05) is 23.0 Å². The smallest absolute Gasteiger partial charge is 0.275 e. The van der Waals surface area contributed by atoms with Gasteiger partial charge in [-0.1, -0.05) is 48.9 Å². The standard InChI is InChI=1S/C31H29N5O3/c37-25(19-36-28(38)26(20-8-3-1-4-9-20)35-31(36)13-5-2-6-14-31)33-23-12-11-21-17-30(18-22(21)16-23)24-10-7-15-32-27(24)34-29(30)39/h1,3-4,7-12,15-16H,2,5-6,13-14,17-19H2,(H,33,37)(H,32,34,39)/t30-/m1/s1. The maximum Gasteiger partial charge on any atom is 0.275 e. The predicted octanol–water partition coefficient (Wildman–Crippen LogP) is 4.00. The van der Waals surface area contributed by atoms with Crippen LogP contribution >= 0.6 is 0 Å². The Bertz CT molecular complexity index is 1540. The number of aliphatic imine (C=N–C) groups is 1. The lowest BCUT2D eigenvalue weighted by atomic mass is 9.79. The Labute approximate surface area is 226 Å². The van der Waals surface area contributed by atoms with Crippen LogP contribution in [0.15, 0.2) is 71.9 Å². The number of carbonyl (C=O) groups excluding carboxylic acids is 3. The highest BCUT2D eigenvalue weighted by molar-refractivity contribution is 6.47. The maximum atomic E-state index is 13.6. The Hall–Kier alpha value is -4.33. The molecule has 8 heteroatoms. The van der Waals surface area contributed by atoms with Crippen molar-refractivity contribution in [2.75, 3.05) is 17.2 Å². The van der Waals surface area contributed by atoms with E-state index in [0.717, 1.165) is 54.4 Å². The van der Waals surface area contributed by atoms with E-state index in [0.29, 0.717) is 30.1 Å². The van der Waals surface area contributed by atoms with Crippen LogP contribution in [0.1, 0.15) is 54.4 Å². The highest BCUT2D eigenvalue weighted by atomic mass is 16.2. The van der Waals surface area contributed by atoms with E-state index < -0.39 is 11.1 Å². The third-order valence-corrected chi connectivity index (χ3v) is 8.74. The molecule has 3 aromatic rings. The topological polar surface area (TPSA) is 104 Å². The molecular formula is C31H29N5O3. The number of pyridine rings is 1. The van der Waals surface area contributed by atoms with E-state index in [-0.39, 0.29) is 24.3 Å². The maximum absolute atomic E-state index is 13.6. The molecule has 2 N–H and O–H groups in total. The van der Waals surface area contributed by atoms with Crippen molar-refractivity contribution in [3.63, 3.8) is 0 Å². The third-order valence-electron chi connectivity index (χ3n) is 8.74. The molecule has 2 aromatic carbocycles. The van der Waals surface area contributed by atoms with Crippen LogP contribution in [0.2, 0.25) is 0 Å². The lowest BCUT2D eigenvalue weighted by Gasteiger charge is -2.38. The van der Waals surface area contributed by atoms with Gasteiger partial charge in [-0.05, 0) is 67.9 Å². The van der Waals surface area contributed by atoms with Crippen LogP contribution in [0.3, 0.4) is 0 Å². The van der Waals surface area contributed by atoms with Crippen LogP contribution in [-0.4, -0.2) is 45.5 Å². The van der Waals surface area contributed by atoms with Gasteiger partial charge in [0.15, 0.2) is 0 Å². The van der Waals surface area contributed by atoms with Crippen molar-refractivity contribution >= 4 is 34.9 Å². The van der Waals surface area contributed by atoms with E-state index in [2.05, 4.69) is 15.6 Å². The summed E-state index contributed by atoms with van der Waals surface area (Å²) in [5, 5.41) is 5.94. The number of nitrogens with zero attached hydrogens (tertiary/aromatic N) is 3. The highest BCUT2D eigenvalue weighted by Crippen LogP contribution is 2.47. The number of hydrogen-bond acceptors (Lipinski definition) is 5. The summed E-state index contributed by atoms with van der Waals surface area (Å²) in [5.74, 6) is 0.165. The molecule has 2 aliphatic carbocycles. The fourth-order valence-corrected chi connectivity index (χ4v) is 6.83. The van der Waals surface area contributed by atoms with Gasteiger partial charge in [0.1, 0.15) is 23.7 Å². The van der Waals surface area contributed by atoms with Gasteiger partial charge in [0.25, 0.3) is 5.91 Å². The number of benzene rings is 2. The number of aromatic nitrogens is 1. The fraction of sp³-hybridized carbons (Fsp3) is 0.323. The van der Waals surface area contributed by atoms with E-state index in [4.69, 9.17) is 4.99 Å². The van der Waals surface area contributed by atoms with Crippen LogP contribution in [0.25, 0.3) is 0 Å². The largest absolute Gasteiger partial charge is 0.325 e. The second kappa shape index (κ2) is 8.86. The molecule has 0 bridgehead atoms. The molecule has 8 nitrogen and oxygen atoms in total. The van der Waals surface area contributed by atoms with Crippen LogP contribution in [0, 0.1) is 0 Å². The molecule has 1 aromatic heterocycles. The molecule has 1 saturated carbocycles. The second-order valence-electron chi connectivity index (χ2n) is 11.1. The molecule has 1 atom stereocenters. The Morgan fingerprint density at radius 3 is 2.56 bits per heavy atom. The number of amides is 3. The van der Waals surface area contributed by atoms with Gasteiger partial charge in [0.2, 0.25) is 11.8 Å². The summed E-state index contributed by atoms with van der Waals surface area (Å²) in [7, 11) is 0. The summed E-state index contributed by atoms with van der Waals surface area (Å²) in [6.07, 6.45) is 7.45. The molecule has 3 heterocycles. The van der Waals surface area contributed by atoms with Crippen molar-refractivity contribution in [3.8, 4) is 0 Å². The predicted molar refractivity (Wildman–Crippen MR) is 148 cm³/mol. The summed E-state index contributed by atoms with van der Waals surface area (Å²) in [6, 6.07) is 19.2. The first-order valence-electron chi connectivity index (χ1n) is 13.6. The van der Waals surface area contributed by atoms with Gasteiger partial charge in [-0.25, -0.2) is 4.98 Å². The number of fused-ring (bicyclic) bond motifs is 3. The van der Waals surface area contributed by atoms with Crippen LogP contribution < -0.4 is 10.6 Å². The number of rotatable bonds is 4. The lowest BCUT2D eigenvalue weighted by Crippen LogP contribution is -2.51. The molecule has 7 rings (SSSR count). The molecule has 39 heavy (non-hydrogen) atoms. The number of nitrogens with one attached hydrogen (secondary N) is 2. The first kappa shape index (κ1) is 23.8. The molecule has 4 aliphatic rings. The minimum atomic E-state index is -0.658. The summed E-state index contributed by atoms with van der Waals surface area (Å²) >= 11 is 0. The summed E-state index contributed by atoms with van der Waals surface area (Å²) in [5.41, 5.74) is 3.64. The second-order valence-corrected chi connectivity index (χ2v) is 11.1. The normalized spacial score (nSPS) is 22.6. The van der Waals surface area contributed by atoms with E-state index in [9.17, 15) is 14.4 Å². The number of hydrogen-bond donors (Lipinski definition) is 2. The number of anilines is 2. The molecule has 3 amide bonds. The van der Waals surface area contributed by atoms with Crippen molar-refractivity contribution < 1.29 is 14.4 Å². The SMILES string of the molecule is O=C(CN1C(=O)C(c2ccccc2)=NC12CCCCC2)Nc1ccc2c(c1)C[C@@]1(C2)C(=O)Nc2ncccc21. The summed E-state index contributed by atoms with van der Waals surface area (Å²) in [6.45, 7) is -0.0544. The third kappa shape index (κ3) is 3.77. The monoisotopic (exact) mass is 519 g/mol. The zero-order valence-corrected chi connectivity index (χ0v) is 21.6. The fourth-order valence-electron chi connectivity index (χ4n) is 6.83. The van der Waals surface area contributed by atoms with Gasteiger partial charge in [0.05, 0.1) is 5.41 Å². The van der Waals surface area contributed by atoms with Crippen LogP contribution in [0.5, 0.6) is 0 Å². The van der Waals surface area contributed by atoms with Gasteiger partial charge in [-0.3, -0.25) is 19.4 Å². The van der Waals surface area contributed by atoms with Crippen molar-refractivity contribution in [2.24, 2.45) is 4.99 Å². The number of carbonyl (C=O) groups is 3. The van der Waals surface area contributed by atoms with E-state index in [1.165, 1.54) is 0 Å². The molecule has 1 fully saturated rings. The van der Waals surface area contributed by atoms with Gasteiger partial charge in [-0.15, -0.1) is 0 Å². The van der Waals surface area contributed by atoms with E-state index in [1.807, 2.05) is 60.7 Å². The minimum absolute atomic E-state index is 0.0301. The molecule has 0 unspecified atom stereocenters.